The molecule has 0 aliphatic carbocycles. The summed E-state index contributed by atoms with van der Waals surface area (Å²) >= 11 is 0. The summed E-state index contributed by atoms with van der Waals surface area (Å²) in [6.45, 7) is 18.4. The van der Waals surface area contributed by atoms with Crippen molar-refractivity contribution in [3.63, 3.8) is 0 Å². The number of rotatable bonds is 5. The average molecular weight is 851 g/mol. The summed E-state index contributed by atoms with van der Waals surface area (Å²) in [6.07, 6.45) is 5.33. The molecule has 3 aromatic carbocycles. The van der Waals surface area contributed by atoms with Crippen molar-refractivity contribution < 1.29 is 29.6 Å². The van der Waals surface area contributed by atoms with Crippen LogP contribution < -0.4 is 4.74 Å². The van der Waals surface area contributed by atoms with E-state index in [0.29, 0.717) is 11.3 Å². The largest absolute Gasteiger partial charge is 3.00 e. The predicted octanol–water partition coefficient (Wildman–Crippen LogP) is 10.7. The number of carbonyl (C=O) groups is 1. The number of nitrogens with zero attached hydrogens (tertiary/aromatic N) is 3. The summed E-state index contributed by atoms with van der Waals surface area (Å²) in [7, 11) is 0. The van der Waals surface area contributed by atoms with Gasteiger partial charge in [-0.15, -0.1) is 101 Å². The van der Waals surface area contributed by atoms with Crippen LogP contribution in [-0.2, 0) is 35.7 Å². The van der Waals surface area contributed by atoms with Gasteiger partial charge in [-0.3, -0.25) is 0 Å². The number of pyridine rings is 3. The molecule has 3 aromatic heterocycles. The third-order valence-corrected chi connectivity index (χ3v) is 7.52. The minimum Gasteiger partial charge on any atom is -0.471 e. The fourth-order valence-electron chi connectivity index (χ4n) is 4.50. The second kappa shape index (κ2) is 18.8. The molecule has 0 amide bonds. The van der Waals surface area contributed by atoms with Crippen molar-refractivity contribution in [2.45, 2.75) is 59.3 Å². The first-order chi connectivity index (χ1) is 23.8. The molecule has 51 heavy (non-hydrogen) atoms. The molecule has 0 saturated heterocycles. The molecule has 0 saturated carbocycles. The molecule has 0 aliphatic rings. The number of esters is 1. The molecule has 6 aromatic rings. The van der Waals surface area contributed by atoms with Gasteiger partial charge in [0.2, 0.25) is 0 Å². The maximum absolute atomic E-state index is 11.3. The molecular formula is C45H44IrN3O2. The number of carbonyl (C=O) groups excluding carboxylic acids is 1. The van der Waals surface area contributed by atoms with Gasteiger partial charge < -0.3 is 19.7 Å². The molecule has 0 radical (unpaired) electrons. The molecule has 0 bridgehead atoms. The molecule has 0 aliphatic heterocycles. The van der Waals surface area contributed by atoms with E-state index in [2.05, 4.69) is 118 Å². The molecule has 0 unspecified atom stereocenters. The fourth-order valence-corrected chi connectivity index (χ4v) is 4.50. The molecule has 0 atom stereocenters. The summed E-state index contributed by atoms with van der Waals surface area (Å²) in [5.74, 6) is 0.0108. The first-order valence-electron chi connectivity index (χ1n) is 16.5. The van der Waals surface area contributed by atoms with Crippen molar-refractivity contribution in [3.8, 4) is 39.5 Å². The Morgan fingerprint density at radius 3 is 1.20 bits per heavy atom. The van der Waals surface area contributed by atoms with Crippen LogP contribution in [0.5, 0.6) is 5.75 Å². The molecule has 6 rings (SSSR count). The molecule has 6 heteroatoms. The Morgan fingerprint density at radius 2 is 0.941 bits per heavy atom. The number of benzene rings is 3. The maximum Gasteiger partial charge on any atom is 3.00 e. The third-order valence-electron chi connectivity index (χ3n) is 7.52. The zero-order chi connectivity index (χ0) is 36.1. The third kappa shape index (κ3) is 12.7. The molecule has 260 valence electrons. The van der Waals surface area contributed by atoms with Crippen LogP contribution in [0.3, 0.4) is 0 Å². The summed E-state index contributed by atoms with van der Waals surface area (Å²) in [6, 6.07) is 44.9. The molecule has 0 fully saturated rings. The van der Waals surface area contributed by atoms with Crippen molar-refractivity contribution in [2.24, 2.45) is 0 Å². The quantitative estimate of drug-likeness (QED) is 0.0748. The van der Waals surface area contributed by atoms with Gasteiger partial charge in [-0.05, 0) is 53.0 Å². The van der Waals surface area contributed by atoms with Gasteiger partial charge in [0, 0.05) is 29.9 Å². The monoisotopic (exact) mass is 851 g/mol. The second-order valence-corrected chi connectivity index (χ2v) is 13.7. The van der Waals surface area contributed by atoms with Crippen molar-refractivity contribution in [2.75, 3.05) is 0 Å². The zero-order valence-corrected chi connectivity index (χ0v) is 32.7. The summed E-state index contributed by atoms with van der Waals surface area (Å²) in [4.78, 5) is 24.2. The topological polar surface area (TPSA) is 65.0 Å². The van der Waals surface area contributed by atoms with Gasteiger partial charge in [-0.2, -0.15) is 0 Å². The van der Waals surface area contributed by atoms with Gasteiger partial charge >= 0.3 is 26.1 Å². The fraction of sp³-hybridized carbons (Fsp3) is 0.200. The molecule has 0 N–H and O–H groups in total. The Morgan fingerprint density at radius 1 is 0.569 bits per heavy atom. The Bertz CT molecular complexity index is 1840. The second-order valence-electron chi connectivity index (χ2n) is 13.7. The van der Waals surface area contributed by atoms with Gasteiger partial charge in [-0.1, -0.05) is 84.5 Å². The van der Waals surface area contributed by atoms with E-state index in [0.717, 1.165) is 33.8 Å². The van der Waals surface area contributed by atoms with E-state index in [-0.39, 0.29) is 30.9 Å². The Hall–Kier alpha value is -5.03. The SMILES string of the molecule is C=C(C)C(=O)Oc1c[c-]c(-c2ccccn2)cc1.CC(C)(C)c1c[c-]c(-c2ccccn2)cc1.CC(C)(C)c1c[c-]c(-c2ccccn2)cc1.[Ir+3]. The van der Waals surface area contributed by atoms with Crippen LogP contribution in [0.2, 0.25) is 0 Å². The molecule has 3 heterocycles. The minimum atomic E-state index is -0.436. The van der Waals surface area contributed by atoms with E-state index in [1.54, 1.807) is 37.6 Å². The molecule has 0 spiro atoms. The zero-order valence-electron chi connectivity index (χ0n) is 30.3. The molecule has 5 nitrogen and oxygen atoms in total. The van der Waals surface area contributed by atoms with Gasteiger partial charge in [-0.25, -0.2) is 4.79 Å². The van der Waals surface area contributed by atoms with Gasteiger partial charge in [0.1, 0.15) is 0 Å². The Balaban J connectivity index is 0.000000205. The average Bonchev–Trinajstić information content (AvgIpc) is 3.13. The summed E-state index contributed by atoms with van der Waals surface area (Å²) < 4.78 is 5.08. The minimum absolute atomic E-state index is 0. The van der Waals surface area contributed by atoms with Crippen molar-refractivity contribution in [1.82, 2.24) is 15.0 Å². The van der Waals surface area contributed by atoms with Crippen LogP contribution >= 0.6 is 0 Å². The van der Waals surface area contributed by atoms with Gasteiger partial charge in [0.25, 0.3) is 0 Å². The smallest absolute Gasteiger partial charge is 0.471 e. The normalized spacial score (nSPS) is 10.6. The summed E-state index contributed by atoms with van der Waals surface area (Å²) in [5.41, 5.74) is 9.05. The van der Waals surface area contributed by atoms with Gasteiger partial charge in [0.15, 0.2) is 0 Å². The first kappa shape index (κ1) is 40.4. The van der Waals surface area contributed by atoms with E-state index in [4.69, 9.17) is 4.74 Å². The van der Waals surface area contributed by atoms with Crippen LogP contribution in [-0.4, -0.2) is 20.9 Å². The van der Waals surface area contributed by atoms with Crippen molar-refractivity contribution in [1.29, 1.82) is 0 Å². The number of ether oxygens (including phenoxy) is 1. The summed E-state index contributed by atoms with van der Waals surface area (Å²) in [5, 5.41) is 0. The van der Waals surface area contributed by atoms with E-state index in [9.17, 15) is 4.79 Å². The van der Waals surface area contributed by atoms with Crippen LogP contribution in [0.4, 0.5) is 0 Å². The molecular weight excluding hydrogens is 807 g/mol. The van der Waals surface area contributed by atoms with E-state index >= 15 is 0 Å². The van der Waals surface area contributed by atoms with E-state index in [1.807, 2.05) is 60.7 Å². The standard InChI is InChI=1S/C15H12NO2.2C15H16N.Ir/c1-11(2)15(17)18-13-8-6-12(7-9-13)14-5-3-4-10-16-14;2*1-15(2,3)13-9-7-12(8-10-13)14-6-4-5-11-16-14;/h3-6,8-10H,1H2,2H3;2*4-7,9-11H,1-3H3;/q3*-1;+3. The van der Waals surface area contributed by atoms with E-state index in [1.165, 1.54) is 11.1 Å². The van der Waals surface area contributed by atoms with Crippen LogP contribution in [0.15, 0.2) is 140 Å². The number of hydrogen-bond acceptors (Lipinski definition) is 5. The van der Waals surface area contributed by atoms with Gasteiger partial charge in [0.05, 0.1) is 0 Å². The van der Waals surface area contributed by atoms with E-state index < -0.39 is 5.97 Å². The maximum atomic E-state index is 11.3. The van der Waals surface area contributed by atoms with Crippen molar-refractivity contribution in [3.05, 3.63) is 169 Å². The first-order valence-corrected chi connectivity index (χ1v) is 16.5. The Kier molecular flexibility index (Phi) is 14.9. The predicted molar refractivity (Wildman–Crippen MR) is 203 cm³/mol. The van der Waals surface area contributed by atoms with Crippen molar-refractivity contribution >= 4 is 5.97 Å². The van der Waals surface area contributed by atoms with Crippen LogP contribution in [0, 0.1) is 18.2 Å². The van der Waals surface area contributed by atoms with Crippen LogP contribution in [0.1, 0.15) is 59.6 Å². The number of hydrogen-bond donors (Lipinski definition) is 0. The number of aromatic nitrogens is 3. The Labute approximate surface area is 317 Å². The van der Waals surface area contributed by atoms with Crippen LogP contribution in [0.25, 0.3) is 33.8 Å².